The predicted octanol–water partition coefficient (Wildman–Crippen LogP) is 30.0. The zero-order chi connectivity index (χ0) is 95.8. The number of hydrogen-bond acceptors (Lipinski definition) is 16. The largest absolute Gasteiger partial charge is 0.493 e. The van der Waals surface area contributed by atoms with E-state index in [1.165, 1.54) is 0 Å². The van der Waals surface area contributed by atoms with Crippen LogP contribution in [0.5, 0.6) is 69.0 Å². The van der Waals surface area contributed by atoms with E-state index in [2.05, 4.69) is 70.2 Å². The van der Waals surface area contributed by atoms with Crippen LogP contribution in [0.15, 0.2) is 121 Å². The van der Waals surface area contributed by atoms with E-state index in [0.29, 0.717) is 238 Å². The molecule has 4 heterocycles. The van der Waals surface area contributed by atoms with E-state index in [-0.39, 0.29) is 25.7 Å². The lowest BCUT2D eigenvalue weighted by atomic mass is 9.90. The number of carbonyl (C=O) groups excluding carboxylic acids is 4. The van der Waals surface area contributed by atoms with E-state index in [0.717, 1.165) is 270 Å². The number of benzene rings is 8. The molecule has 24 nitrogen and oxygen atoms in total. The van der Waals surface area contributed by atoms with Crippen molar-refractivity contribution in [3.63, 3.8) is 0 Å². The van der Waals surface area contributed by atoms with Crippen molar-refractivity contribution >= 4 is 69.6 Å². The SMILES string of the molecule is CCCCCOc1c2cc3cc1Cc1cc4cc(c1OCCCCC)Cc1cc5cc(c1OCCCCC)Cc1cc(cc(c1OCCCCC)C2)NC(=O)Nc1cc2cc(c1)OCCCCCCCCCCOc1cc(cc(c1)OCCCCCCCCOc1cc(cc(c1)OCCCCCCCCCCOc1cc(cc(c1)OCCCCCCCCCCO2)NC(=O)N3)NC(=O)N4)NC(=O)N5. The average Bonchev–Trinajstić information content (AvgIpc) is 0.767. The van der Waals surface area contributed by atoms with Crippen molar-refractivity contribution in [3.8, 4) is 69.0 Å². The Morgan fingerprint density at radius 2 is 0.326 bits per heavy atom. The molecule has 8 amide bonds. The van der Waals surface area contributed by atoms with Crippen LogP contribution in [0.2, 0.25) is 0 Å². The first-order valence-corrected chi connectivity index (χ1v) is 52.9. The van der Waals surface area contributed by atoms with Crippen LogP contribution < -0.4 is 99.4 Å². The molecule has 0 saturated heterocycles. The molecule has 8 aromatic carbocycles. The molecule has 4 aliphatic heterocycles. The summed E-state index contributed by atoms with van der Waals surface area (Å²) in [4.78, 5) is 62.0. The van der Waals surface area contributed by atoms with Gasteiger partial charge in [-0.1, -0.05) is 220 Å². The summed E-state index contributed by atoms with van der Waals surface area (Å²) < 4.78 is 82.4. The summed E-state index contributed by atoms with van der Waals surface area (Å²) in [7, 11) is 0. The molecule has 0 fully saturated rings. The maximum absolute atomic E-state index is 15.5. The fourth-order valence-electron chi connectivity index (χ4n) is 18.7. The van der Waals surface area contributed by atoms with Gasteiger partial charge >= 0.3 is 24.1 Å². The van der Waals surface area contributed by atoms with Gasteiger partial charge in [-0.2, -0.15) is 0 Å². The van der Waals surface area contributed by atoms with Crippen LogP contribution in [-0.2, 0) is 25.7 Å². The average molecular weight is 1890 g/mol. The van der Waals surface area contributed by atoms with Crippen molar-refractivity contribution in [1.29, 1.82) is 0 Å². The highest BCUT2D eigenvalue weighted by atomic mass is 16.5. The first-order chi connectivity index (χ1) is 67.8. The maximum Gasteiger partial charge on any atom is 0.323 e. The van der Waals surface area contributed by atoms with Gasteiger partial charge in [0, 0.05) is 188 Å². The molecule has 0 aromatic heterocycles. The molecule has 0 unspecified atom stereocenters. The van der Waals surface area contributed by atoms with Gasteiger partial charge in [0.1, 0.15) is 69.0 Å². The Kier molecular flexibility index (Phi) is 43.9. The van der Waals surface area contributed by atoms with E-state index in [1.54, 1.807) is 0 Å². The van der Waals surface area contributed by atoms with E-state index in [1.807, 2.05) is 121 Å². The summed E-state index contributed by atoms with van der Waals surface area (Å²) in [6, 6.07) is 36.5. The quantitative estimate of drug-likeness (QED) is 0.0329. The molecule has 24 heteroatoms. The first kappa shape index (κ1) is 104. The first-order valence-electron chi connectivity index (χ1n) is 52.9. The summed E-state index contributed by atoms with van der Waals surface area (Å²) >= 11 is 0. The lowest BCUT2D eigenvalue weighted by molar-refractivity contribution is 0.261. The predicted molar refractivity (Wildman–Crippen MR) is 556 cm³/mol. The molecule has 0 saturated carbocycles. The molecular weight excluding hydrogens is 1740 g/mol. The molecule has 138 heavy (non-hydrogen) atoms. The van der Waals surface area contributed by atoms with Gasteiger partial charge in [0.15, 0.2) is 0 Å². The van der Waals surface area contributed by atoms with E-state index in [9.17, 15) is 0 Å². The van der Waals surface area contributed by atoms with Crippen LogP contribution >= 0.6 is 0 Å². The topological polar surface area (TPSA) is 275 Å². The van der Waals surface area contributed by atoms with Gasteiger partial charge in [-0.25, -0.2) is 19.2 Å². The number of nitrogens with one attached hydrogen (secondary N) is 8. The molecular formula is C114H156N8O16. The summed E-state index contributed by atoms with van der Waals surface area (Å²) in [5, 5.41) is 26.3. The second-order valence-electron chi connectivity index (χ2n) is 37.9. The highest BCUT2D eigenvalue weighted by molar-refractivity contribution is 6.03. The molecule has 748 valence electrons. The van der Waals surface area contributed by atoms with Crippen LogP contribution in [0.3, 0.4) is 0 Å². The fourth-order valence-corrected chi connectivity index (χ4v) is 18.7. The summed E-state index contributed by atoms with van der Waals surface area (Å²) in [5.41, 5.74) is 9.38. The van der Waals surface area contributed by atoms with Crippen LogP contribution in [0.4, 0.5) is 64.7 Å². The van der Waals surface area contributed by atoms with Crippen molar-refractivity contribution < 1.29 is 76.0 Å². The monoisotopic (exact) mass is 1890 g/mol. The Bertz CT molecular complexity index is 4490. The van der Waals surface area contributed by atoms with Gasteiger partial charge in [0.2, 0.25) is 0 Å². The Morgan fingerprint density at radius 1 is 0.188 bits per heavy atom. The van der Waals surface area contributed by atoms with Crippen LogP contribution in [-0.4, -0.2) is 103 Å². The number of amides is 8. The molecule has 0 atom stereocenters. The molecule has 0 radical (unpaired) electrons. The minimum Gasteiger partial charge on any atom is -0.493 e. The Morgan fingerprint density at radius 3 is 0.471 bits per heavy atom. The van der Waals surface area contributed by atoms with E-state index < -0.39 is 24.1 Å². The molecule has 1 aliphatic carbocycles. The molecule has 5 aliphatic rings. The third-order valence-electron chi connectivity index (χ3n) is 25.9. The number of carbonyl (C=O) groups is 4. The minimum atomic E-state index is -0.510. The lowest BCUT2D eigenvalue weighted by Gasteiger charge is -2.25. The molecule has 0 spiro atoms. The Balaban J connectivity index is 1.06. The number of anilines is 8. The number of rotatable bonds is 20. The van der Waals surface area contributed by atoms with E-state index in [4.69, 9.17) is 56.8 Å². The van der Waals surface area contributed by atoms with Gasteiger partial charge in [0.25, 0.3) is 0 Å². The smallest absolute Gasteiger partial charge is 0.323 e. The number of hydrogen-bond donors (Lipinski definition) is 8. The maximum atomic E-state index is 15.5. The summed E-state index contributed by atoms with van der Waals surface area (Å²) in [6.07, 6.45) is 40.8. The standard InChI is InChI=1S/C114H156N8O16/c1-5-9-35-55-135-107-83-59-84-64-92-66-86(108(84)136-56-36-10-6-2)61-88-68-94-70-90(110(88)138-58-38-12-8-4)62-89-69-93-67-87(109(89)137-57-37-11-7-3)60-85(107)65-91(63-83)115-111(123)119-95-71-99-79-101(73-95)129-49-41-29-21-15-17-23-31-43-51-131-103-75-97(121-113(125)117-93)77-105(81-103)133-53-45-33-25-26-34-46-54-134-106-78-98(122-114(126)118-94)76-104(82-106)132-52-44-32-24-18-16-22-30-42-50-130-102-74-96(120-112(124)116-92)72-100(80-102)128-48-40-28-20-14-13-19-27-39-47-127-99/h63-82H,5-62H2,1-4H3,(H2,115,119,123)(H2,116,120,124)(H2,117,121,125)(H2,118,122,126). The van der Waals surface area contributed by atoms with Crippen molar-refractivity contribution in [2.24, 2.45) is 0 Å². The van der Waals surface area contributed by atoms with Gasteiger partial charge in [-0.15, -0.1) is 0 Å². The van der Waals surface area contributed by atoms with Gasteiger partial charge < -0.3 is 99.4 Å². The third kappa shape index (κ3) is 35.7. The Labute approximate surface area is 820 Å². The zero-order valence-corrected chi connectivity index (χ0v) is 83.1. The number of ether oxygens (including phenoxy) is 12. The normalized spacial score (nSPS) is 16.8. The lowest BCUT2D eigenvalue weighted by Crippen LogP contribution is -2.21. The van der Waals surface area contributed by atoms with Crippen LogP contribution in [0, 0.1) is 0 Å². The number of urea groups is 4. The van der Waals surface area contributed by atoms with Crippen molar-refractivity contribution in [2.75, 3.05) is 122 Å². The molecule has 8 aromatic rings. The van der Waals surface area contributed by atoms with Crippen LogP contribution in [0.1, 0.15) is 342 Å². The molecule has 24 bridgehead atoms. The highest BCUT2D eigenvalue weighted by Crippen LogP contribution is 2.45. The zero-order valence-electron chi connectivity index (χ0n) is 83.1. The number of fused-ring (bicyclic) bond motifs is 16. The summed E-state index contributed by atoms with van der Waals surface area (Å²) in [6.45, 7) is 14.0. The Hall–Kier alpha value is -11.6. The van der Waals surface area contributed by atoms with Gasteiger partial charge in [-0.3, -0.25) is 0 Å². The van der Waals surface area contributed by atoms with Gasteiger partial charge in [-0.05, 0) is 126 Å². The van der Waals surface area contributed by atoms with Crippen molar-refractivity contribution in [2.45, 2.75) is 323 Å². The van der Waals surface area contributed by atoms with Crippen LogP contribution in [0.25, 0.3) is 0 Å². The molecule has 8 N–H and O–H groups in total. The third-order valence-corrected chi connectivity index (χ3v) is 25.9. The summed E-state index contributed by atoms with van der Waals surface area (Å²) in [5.74, 6) is 7.04. The second-order valence-corrected chi connectivity index (χ2v) is 37.9. The van der Waals surface area contributed by atoms with Crippen molar-refractivity contribution in [3.05, 3.63) is 166 Å². The minimum absolute atomic E-state index is 0.138. The van der Waals surface area contributed by atoms with Gasteiger partial charge in [0.05, 0.1) is 79.3 Å². The highest BCUT2D eigenvalue weighted by Gasteiger charge is 2.29. The number of unbranched alkanes of at least 4 members (excludes halogenated alkanes) is 8. The fraction of sp³-hybridized carbons (Fsp3) is 0.544. The molecule has 13 rings (SSSR count). The van der Waals surface area contributed by atoms with Crippen molar-refractivity contribution in [1.82, 2.24) is 0 Å². The second kappa shape index (κ2) is 58.4. The van der Waals surface area contributed by atoms with E-state index >= 15 is 19.2 Å².